The van der Waals surface area contributed by atoms with Crippen LogP contribution in [0.2, 0.25) is 0 Å². The van der Waals surface area contributed by atoms with Gasteiger partial charge >= 0.3 is 0 Å². The first-order chi connectivity index (χ1) is 12.9. The first-order valence-electron chi connectivity index (χ1n) is 8.48. The van der Waals surface area contributed by atoms with Gasteiger partial charge in [-0.1, -0.05) is 78.0 Å². The van der Waals surface area contributed by atoms with E-state index in [9.17, 15) is 0 Å². The lowest BCUT2D eigenvalue weighted by Gasteiger charge is -2.12. The molecule has 3 nitrogen and oxygen atoms in total. The summed E-state index contributed by atoms with van der Waals surface area (Å²) in [6.07, 6.45) is 1.85. The number of rotatable bonds is 4. The Labute approximate surface area is 152 Å². The summed E-state index contributed by atoms with van der Waals surface area (Å²) in [6.45, 7) is 0. The minimum atomic E-state index is 0.769. The minimum Gasteiger partial charge on any atom is -0.399 e. The van der Waals surface area contributed by atoms with Crippen LogP contribution in [0.1, 0.15) is 11.1 Å². The van der Waals surface area contributed by atoms with E-state index in [0.29, 0.717) is 0 Å². The zero-order valence-corrected chi connectivity index (χ0v) is 14.5. The molecule has 3 heteroatoms. The fourth-order valence-electron chi connectivity index (χ4n) is 3.11. The lowest BCUT2D eigenvalue weighted by Crippen LogP contribution is -2.07. The van der Waals surface area contributed by atoms with Crippen LogP contribution in [0.25, 0.3) is 22.0 Å². The first kappa shape index (κ1) is 16.0. The Kier molecular flexibility index (Phi) is 4.44. The molecule has 0 saturated carbocycles. The van der Waals surface area contributed by atoms with Gasteiger partial charge in [0.15, 0.2) is 0 Å². The van der Waals surface area contributed by atoms with Crippen molar-refractivity contribution >= 4 is 16.6 Å². The SMILES string of the molecule is CON=C(c1cnc2ccccc2c1)c1ccccc1-c1ccccc1. The van der Waals surface area contributed by atoms with Gasteiger partial charge in [0.2, 0.25) is 0 Å². The maximum absolute atomic E-state index is 5.18. The molecule has 0 bridgehead atoms. The largest absolute Gasteiger partial charge is 0.399 e. The van der Waals surface area contributed by atoms with Gasteiger partial charge in [0.1, 0.15) is 12.8 Å². The summed E-state index contributed by atoms with van der Waals surface area (Å²) < 4.78 is 0. The highest BCUT2D eigenvalue weighted by Crippen LogP contribution is 2.27. The Morgan fingerprint density at radius 3 is 2.42 bits per heavy atom. The molecule has 0 amide bonds. The molecule has 26 heavy (non-hydrogen) atoms. The molecule has 0 fully saturated rings. The van der Waals surface area contributed by atoms with Crippen molar-refractivity contribution in [2.45, 2.75) is 0 Å². The Morgan fingerprint density at radius 2 is 1.58 bits per heavy atom. The van der Waals surface area contributed by atoms with Crippen LogP contribution in [-0.2, 0) is 4.84 Å². The molecule has 0 unspecified atom stereocenters. The zero-order valence-electron chi connectivity index (χ0n) is 14.5. The molecule has 3 aromatic carbocycles. The minimum absolute atomic E-state index is 0.769. The predicted octanol–water partition coefficient (Wildman–Crippen LogP) is 5.30. The van der Waals surface area contributed by atoms with Gasteiger partial charge in [0, 0.05) is 22.7 Å². The lowest BCUT2D eigenvalue weighted by molar-refractivity contribution is 0.214. The zero-order chi connectivity index (χ0) is 17.8. The molecule has 0 atom stereocenters. The molecule has 1 aromatic heterocycles. The van der Waals surface area contributed by atoms with Crippen LogP contribution in [0.4, 0.5) is 0 Å². The number of hydrogen-bond donors (Lipinski definition) is 0. The van der Waals surface area contributed by atoms with Crippen LogP contribution in [0.3, 0.4) is 0 Å². The standard InChI is InChI=1S/C23H18N2O/c1-26-25-23(19-15-18-11-5-8-14-22(18)24-16-19)21-13-7-6-12-20(21)17-9-3-2-4-10-17/h2-16H,1H3. The second-order valence-electron chi connectivity index (χ2n) is 5.95. The van der Waals surface area contributed by atoms with Crippen LogP contribution in [0.5, 0.6) is 0 Å². The fourth-order valence-corrected chi connectivity index (χ4v) is 3.11. The number of pyridine rings is 1. The molecule has 0 saturated heterocycles. The fraction of sp³-hybridized carbons (Fsp3) is 0.0435. The smallest absolute Gasteiger partial charge is 0.119 e. The number of hydrogen-bond acceptors (Lipinski definition) is 3. The molecule has 0 radical (unpaired) electrons. The average Bonchev–Trinajstić information content (AvgIpc) is 2.72. The highest BCUT2D eigenvalue weighted by molar-refractivity contribution is 6.16. The Bertz CT molecular complexity index is 1070. The van der Waals surface area contributed by atoms with Crippen molar-refractivity contribution in [3.63, 3.8) is 0 Å². The third-order valence-electron chi connectivity index (χ3n) is 4.31. The van der Waals surface area contributed by atoms with Gasteiger partial charge in [0.05, 0.1) is 5.52 Å². The van der Waals surface area contributed by atoms with Crippen molar-refractivity contribution in [2.75, 3.05) is 7.11 Å². The summed E-state index contributed by atoms with van der Waals surface area (Å²) in [4.78, 5) is 9.75. The maximum atomic E-state index is 5.18. The summed E-state index contributed by atoms with van der Waals surface area (Å²) in [6, 6.07) is 28.7. The van der Waals surface area contributed by atoms with Gasteiger partial charge in [0.25, 0.3) is 0 Å². The summed E-state index contributed by atoms with van der Waals surface area (Å²) in [5.74, 6) is 0. The monoisotopic (exact) mass is 338 g/mol. The maximum Gasteiger partial charge on any atom is 0.119 e. The van der Waals surface area contributed by atoms with E-state index in [-0.39, 0.29) is 0 Å². The second kappa shape index (κ2) is 7.19. The molecule has 0 aliphatic heterocycles. The predicted molar refractivity (Wildman–Crippen MR) is 106 cm³/mol. The average molecular weight is 338 g/mol. The van der Waals surface area contributed by atoms with Crippen molar-refractivity contribution in [3.8, 4) is 11.1 Å². The van der Waals surface area contributed by atoms with Crippen molar-refractivity contribution in [3.05, 3.63) is 102 Å². The van der Waals surface area contributed by atoms with E-state index < -0.39 is 0 Å². The van der Waals surface area contributed by atoms with Gasteiger partial charge in [-0.3, -0.25) is 4.98 Å². The molecule has 0 N–H and O–H groups in total. The number of aromatic nitrogens is 1. The topological polar surface area (TPSA) is 34.5 Å². The van der Waals surface area contributed by atoms with Gasteiger partial charge in [-0.05, 0) is 23.3 Å². The van der Waals surface area contributed by atoms with E-state index in [0.717, 1.165) is 38.9 Å². The van der Waals surface area contributed by atoms with Crippen molar-refractivity contribution in [1.29, 1.82) is 0 Å². The Morgan fingerprint density at radius 1 is 0.846 bits per heavy atom. The summed E-state index contributed by atoms with van der Waals surface area (Å²) in [7, 11) is 1.57. The van der Waals surface area contributed by atoms with Crippen molar-refractivity contribution in [1.82, 2.24) is 4.98 Å². The molecule has 4 aromatic rings. The summed E-state index contributed by atoms with van der Waals surface area (Å²) >= 11 is 0. The molecule has 0 aliphatic carbocycles. The lowest BCUT2D eigenvalue weighted by atomic mass is 9.93. The number of nitrogens with zero attached hydrogens (tertiary/aromatic N) is 2. The van der Waals surface area contributed by atoms with E-state index in [4.69, 9.17) is 4.84 Å². The van der Waals surface area contributed by atoms with E-state index in [1.54, 1.807) is 7.11 Å². The number of para-hydroxylation sites is 1. The van der Waals surface area contributed by atoms with Crippen molar-refractivity contribution < 1.29 is 4.84 Å². The highest BCUT2D eigenvalue weighted by Gasteiger charge is 2.14. The van der Waals surface area contributed by atoms with Crippen LogP contribution in [0.15, 0.2) is 96.3 Å². The quantitative estimate of drug-likeness (QED) is 0.374. The van der Waals surface area contributed by atoms with E-state index in [1.807, 2.05) is 54.7 Å². The normalized spacial score (nSPS) is 11.5. The van der Waals surface area contributed by atoms with E-state index >= 15 is 0 Å². The molecule has 126 valence electrons. The second-order valence-corrected chi connectivity index (χ2v) is 5.95. The van der Waals surface area contributed by atoms with Gasteiger partial charge < -0.3 is 4.84 Å². The third-order valence-corrected chi connectivity index (χ3v) is 4.31. The van der Waals surface area contributed by atoms with Crippen molar-refractivity contribution in [2.24, 2.45) is 5.16 Å². The highest BCUT2D eigenvalue weighted by atomic mass is 16.6. The molecule has 0 aliphatic rings. The van der Waals surface area contributed by atoms with Gasteiger partial charge in [-0.2, -0.15) is 0 Å². The third kappa shape index (κ3) is 3.07. The van der Waals surface area contributed by atoms with Gasteiger partial charge in [-0.25, -0.2) is 0 Å². The molecule has 4 rings (SSSR count). The van der Waals surface area contributed by atoms with Crippen LogP contribution in [0, 0.1) is 0 Å². The number of fused-ring (bicyclic) bond motifs is 1. The van der Waals surface area contributed by atoms with Crippen LogP contribution in [-0.4, -0.2) is 17.8 Å². The molecule has 1 heterocycles. The molecular formula is C23H18N2O. The number of benzene rings is 3. The summed E-state index contributed by atoms with van der Waals surface area (Å²) in [5.41, 5.74) is 5.92. The Hall–Kier alpha value is -3.46. The first-order valence-corrected chi connectivity index (χ1v) is 8.48. The molecule has 0 spiro atoms. The van der Waals surface area contributed by atoms with E-state index in [2.05, 4.69) is 46.5 Å². The van der Waals surface area contributed by atoms with E-state index in [1.165, 1.54) is 0 Å². The molecular weight excluding hydrogens is 320 g/mol. The summed E-state index contributed by atoms with van der Waals surface area (Å²) in [5, 5.41) is 5.41. The number of oxime groups is 1. The van der Waals surface area contributed by atoms with Crippen LogP contribution >= 0.6 is 0 Å². The van der Waals surface area contributed by atoms with Crippen LogP contribution < -0.4 is 0 Å². The van der Waals surface area contributed by atoms with Gasteiger partial charge in [-0.15, -0.1) is 0 Å². The Balaban J connectivity index is 1.89.